The minimum atomic E-state index is -2.91. The van der Waals surface area contributed by atoms with Crippen LogP contribution in [0.5, 0.6) is 5.75 Å². The molecule has 0 aromatic heterocycles. The fourth-order valence-electron chi connectivity index (χ4n) is 2.40. The molecule has 0 atom stereocenters. The molecule has 0 bridgehead atoms. The summed E-state index contributed by atoms with van der Waals surface area (Å²) in [6, 6.07) is 14.4. The lowest BCUT2D eigenvalue weighted by molar-refractivity contribution is -0.129. The van der Waals surface area contributed by atoms with Crippen molar-refractivity contribution in [2.45, 2.75) is 32.9 Å². The zero-order chi connectivity index (χ0) is 17.5. The van der Waals surface area contributed by atoms with Crippen molar-refractivity contribution in [2.24, 2.45) is 0 Å². The van der Waals surface area contributed by atoms with E-state index in [1.54, 1.807) is 30.1 Å². The van der Waals surface area contributed by atoms with Gasteiger partial charge in [0, 0.05) is 19.2 Å². The predicted octanol–water partition coefficient (Wildman–Crippen LogP) is 4.05. The van der Waals surface area contributed by atoms with Gasteiger partial charge in [-0.3, -0.25) is 4.79 Å². The van der Waals surface area contributed by atoms with Crippen LogP contribution in [0.3, 0.4) is 0 Å². The summed E-state index contributed by atoms with van der Waals surface area (Å²) in [5.74, 6) is -0.110. The number of halogens is 2. The molecule has 0 aliphatic carbocycles. The van der Waals surface area contributed by atoms with Gasteiger partial charge in [-0.25, -0.2) is 0 Å². The van der Waals surface area contributed by atoms with Gasteiger partial charge in [0.15, 0.2) is 0 Å². The molecule has 2 aromatic rings. The third kappa shape index (κ3) is 5.05. The highest BCUT2D eigenvalue weighted by molar-refractivity contribution is 5.79. The molecule has 5 heteroatoms. The zero-order valence-corrected chi connectivity index (χ0v) is 13.8. The molecule has 128 valence electrons. The van der Waals surface area contributed by atoms with Crippen molar-refractivity contribution in [2.75, 3.05) is 7.05 Å². The number of ether oxygens (including phenoxy) is 1. The largest absolute Gasteiger partial charge is 0.435 e. The van der Waals surface area contributed by atoms with E-state index in [1.807, 2.05) is 24.3 Å². The highest BCUT2D eigenvalue weighted by Gasteiger charge is 2.15. The molecule has 0 saturated heterocycles. The van der Waals surface area contributed by atoms with E-state index in [-0.39, 0.29) is 18.1 Å². The van der Waals surface area contributed by atoms with Gasteiger partial charge in [0.2, 0.25) is 5.91 Å². The highest BCUT2D eigenvalue weighted by Crippen LogP contribution is 2.21. The number of amides is 1. The molecule has 1 amide bonds. The van der Waals surface area contributed by atoms with E-state index in [0.29, 0.717) is 12.1 Å². The molecule has 0 N–H and O–H groups in total. The smallest absolute Gasteiger partial charge is 0.387 e. The van der Waals surface area contributed by atoms with Crippen LogP contribution in [-0.2, 0) is 24.2 Å². The van der Waals surface area contributed by atoms with Crippen LogP contribution in [-0.4, -0.2) is 24.5 Å². The number of hydrogen-bond donors (Lipinski definition) is 0. The molecular weight excluding hydrogens is 312 g/mol. The molecule has 0 unspecified atom stereocenters. The molecule has 2 aromatic carbocycles. The number of benzene rings is 2. The Labute approximate surface area is 140 Å². The van der Waals surface area contributed by atoms with Crippen LogP contribution < -0.4 is 4.74 Å². The molecule has 0 aliphatic rings. The monoisotopic (exact) mass is 333 g/mol. The maximum Gasteiger partial charge on any atom is 0.387 e. The SMILES string of the molecule is CCc1ccc(CN(C)C(=O)Cc2ccccc2OC(F)F)cc1. The summed E-state index contributed by atoms with van der Waals surface area (Å²) < 4.78 is 29.3. The van der Waals surface area contributed by atoms with Crippen LogP contribution in [0.1, 0.15) is 23.6 Å². The Hall–Kier alpha value is -2.43. The number of rotatable bonds is 7. The van der Waals surface area contributed by atoms with Gasteiger partial charge in [0.05, 0.1) is 6.42 Å². The molecule has 0 fully saturated rings. The van der Waals surface area contributed by atoms with Crippen LogP contribution >= 0.6 is 0 Å². The van der Waals surface area contributed by atoms with Crippen molar-refractivity contribution < 1.29 is 18.3 Å². The van der Waals surface area contributed by atoms with E-state index in [4.69, 9.17) is 0 Å². The van der Waals surface area contributed by atoms with E-state index < -0.39 is 6.61 Å². The van der Waals surface area contributed by atoms with Gasteiger partial charge in [-0.15, -0.1) is 0 Å². The van der Waals surface area contributed by atoms with E-state index >= 15 is 0 Å². The second-order valence-electron chi connectivity index (χ2n) is 5.58. The minimum absolute atomic E-state index is 0.0203. The minimum Gasteiger partial charge on any atom is -0.435 e. The Balaban J connectivity index is 2.01. The molecule has 0 aliphatic heterocycles. The van der Waals surface area contributed by atoms with E-state index in [0.717, 1.165) is 12.0 Å². The van der Waals surface area contributed by atoms with Crippen LogP contribution in [0.25, 0.3) is 0 Å². The average molecular weight is 333 g/mol. The second-order valence-corrected chi connectivity index (χ2v) is 5.58. The third-order valence-electron chi connectivity index (χ3n) is 3.81. The lowest BCUT2D eigenvalue weighted by Crippen LogP contribution is -2.28. The van der Waals surface area contributed by atoms with Crippen LogP contribution in [0.4, 0.5) is 8.78 Å². The van der Waals surface area contributed by atoms with Gasteiger partial charge in [0.1, 0.15) is 5.75 Å². The number of para-hydroxylation sites is 1. The number of hydrogen-bond acceptors (Lipinski definition) is 2. The zero-order valence-electron chi connectivity index (χ0n) is 13.8. The van der Waals surface area contributed by atoms with Crippen LogP contribution in [0.15, 0.2) is 48.5 Å². The van der Waals surface area contributed by atoms with Crippen molar-refractivity contribution in [1.29, 1.82) is 0 Å². The Morgan fingerprint density at radius 3 is 2.33 bits per heavy atom. The first-order valence-electron chi connectivity index (χ1n) is 7.84. The van der Waals surface area contributed by atoms with Gasteiger partial charge in [-0.2, -0.15) is 8.78 Å². The fraction of sp³-hybridized carbons (Fsp3) is 0.316. The number of carbonyl (C=O) groups is 1. The second kappa shape index (κ2) is 8.43. The first-order chi connectivity index (χ1) is 11.5. The standard InChI is InChI=1S/C19H21F2NO2/c1-3-14-8-10-15(11-9-14)13-22(2)18(23)12-16-6-4-5-7-17(16)24-19(20)21/h4-11,19H,3,12-13H2,1-2H3. The summed E-state index contributed by atoms with van der Waals surface area (Å²) in [5.41, 5.74) is 2.72. The summed E-state index contributed by atoms with van der Waals surface area (Å²) in [5, 5.41) is 0. The Bertz CT molecular complexity index is 671. The topological polar surface area (TPSA) is 29.5 Å². The van der Waals surface area contributed by atoms with Crippen molar-refractivity contribution in [1.82, 2.24) is 4.90 Å². The number of alkyl halides is 2. The van der Waals surface area contributed by atoms with E-state index in [2.05, 4.69) is 11.7 Å². The van der Waals surface area contributed by atoms with Gasteiger partial charge >= 0.3 is 6.61 Å². The maximum absolute atomic E-state index is 12.4. The van der Waals surface area contributed by atoms with Gasteiger partial charge in [-0.05, 0) is 23.6 Å². The summed E-state index contributed by atoms with van der Waals surface area (Å²) in [6.07, 6.45) is 0.988. The van der Waals surface area contributed by atoms with E-state index in [9.17, 15) is 13.6 Å². The quantitative estimate of drug-likeness (QED) is 0.765. The number of carbonyl (C=O) groups excluding carboxylic acids is 1. The average Bonchev–Trinajstić information content (AvgIpc) is 2.56. The molecule has 24 heavy (non-hydrogen) atoms. The number of nitrogens with zero attached hydrogens (tertiary/aromatic N) is 1. The van der Waals surface area contributed by atoms with Crippen LogP contribution in [0.2, 0.25) is 0 Å². The van der Waals surface area contributed by atoms with Crippen LogP contribution in [0, 0.1) is 0 Å². The molecule has 0 saturated carbocycles. The molecule has 0 heterocycles. The number of aryl methyl sites for hydroxylation is 1. The van der Waals surface area contributed by atoms with Crippen molar-refractivity contribution in [3.8, 4) is 5.75 Å². The van der Waals surface area contributed by atoms with Crippen molar-refractivity contribution in [3.63, 3.8) is 0 Å². The summed E-state index contributed by atoms with van der Waals surface area (Å²) in [4.78, 5) is 13.9. The highest BCUT2D eigenvalue weighted by atomic mass is 19.3. The van der Waals surface area contributed by atoms with Gasteiger partial charge in [0.25, 0.3) is 0 Å². The summed E-state index contributed by atoms with van der Waals surface area (Å²) >= 11 is 0. The number of likely N-dealkylation sites (N-methyl/N-ethyl adjacent to an activating group) is 1. The summed E-state index contributed by atoms with van der Waals surface area (Å²) in [7, 11) is 1.70. The Morgan fingerprint density at radius 1 is 1.08 bits per heavy atom. The lowest BCUT2D eigenvalue weighted by atomic mass is 10.1. The van der Waals surface area contributed by atoms with Gasteiger partial charge < -0.3 is 9.64 Å². The molecule has 0 spiro atoms. The normalized spacial score (nSPS) is 10.7. The molecule has 3 nitrogen and oxygen atoms in total. The first-order valence-corrected chi connectivity index (χ1v) is 7.84. The van der Waals surface area contributed by atoms with Crippen molar-refractivity contribution >= 4 is 5.91 Å². The predicted molar refractivity (Wildman–Crippen MR) is 89.1 cm³/mol. The van der Waals surface area contributed by atoms with Crippen molar-refractivity contribution in [3.05, 3.63) is 65.2 Å². The molecule has 2 rings (SSSR count). The Morgan fingerprint density at radius 2 is 1.71 bits per heavy atom. The maximum atomic E-state index is 12.4. The molecular formula is C19H21F2NO2. The first kappa shape index (κ1) is 17.9. The fourth-order valence-corrected chi connectivity index (χ4v) is 2.40. The summed E-state index contributed by atoms with van der Waals surface area (Å²) in [6.45, 7) is -0.347. The third-order valence-corrected chi connectivity index (χ3v) is 3.81. The van der Waals surface area contributed by atoms with Gasteiger partial charge in [-0.1, -0.05) is 49.4 Å². The lowest BCUT2D eigenvalue weighted by Gasteiger charge is -2.18. The van der Waals surface area contributed by atoms with E-state index in [1.165, 1.54) is 11.6 Å². The molecule has 0 radical (unpaired) electrons. The Kier molecular flexibility index (Phi) is 6.29.